The summed E-state index contributed by atoms with van der Waals surface area (Å²) in [5.74, 6) is -0.210. The van der Waals surface area contributed by atoms with Crippen molar-refractivity contribution in [3.05, 3.63) is 105 Å². The molecule has 2 heterocycles. The molecule has 172 valence electrons. The number of aryl methyl sites for hydroxylation is 2. The van der Waals surface area contributed by atoms with Crippen molar-refractivity contribution in [2.75, 3.05) is 5.75 Å². The molecule has 0 saturated heterocycles. The molecular weight excluding hydrogens is 466 g/mol. The number of hydrogen-bond acceptors (Lipinski definition) is 4. The smallest absolute Gasteiger partial charge is 0.287 e. The minimum absolute atomic E-state index is 0.146. The van der Waals surface area contributed by atoms with Gasteiger partial charge in [-0.05, 0) is 53.8 Å². The molecule has 0 spiro atoms. The van der Waals surface area contributed by atoms with E-state index in [1.54, 1.807) is 44.7 Å². The van der Waals surface area contributed by atoms with Crippen molar-refractivity contribution in [3.8, 4) is 0 Å². The van der Waals surface area contributed by atoms with Gasteiger partial charge in [0.2, 0.25) is 0 Å². The molecule has 0 saturated carbocycles. The van der Waals surface area contributed by atoms with Crippen LogP contribution in [0, 0.1) is 6.92 Å². The second-order valence-electron chi connectivity index (χ2n) is 8.13. The minimum Gasteiger partial charge on any atom is -0.287 e. The largest absolute Gasteiger partial charge is 0.329 e. The Morgan fingerprint density at radius 3 is 2.41 bits per heavy atom. The highest BCUT2D eigenvalue weighted by molar-refractivity contribution is 7.83. The van der Waals surface area contributed by atoms with Gasteiger partial charge in [0, 0.05) is 15.6 Å². The lowest BCUT2D eigenvalue weighted by molar-refractivity contribution is 0.0982. The maximum atomic E-state index is 13.4. The summed E-state index contributed by atoms with van der Waals surface area (Å²) >= 11 is 1.68. The Kier molecular flexibility index (Phi) is 6.17. The molecule has 34 heavy (non-hydrogen) atoms. The number of carbonyl (C=O) groups is 1. The van der Waals surface area contributed by atoms with E-state index in [2.05, 4.69) is 29.2 Å². The fraction of sp³-hybridized carbons (Fsp3) is 0.154. The molecule has 5 aromatic rings. The molecule has 0 fully saturated rings. The van der Waals surface area contributed by atoms with Crippen LogP contribution >= 0.6 is 11.3 Å². The van der Waals surface area contributed by atoms with Crippen LogP contribution in [-0.4, -0.2) is 20.8 Å². The molecular formula is C26H24N3O3S2+. The first kappa shape index (κ1) is 22.3. The van der Waals surface area contributed by atoms with Gasteiger partial charge in [0.1, 0.15) is 0 Å². The number of rotatable bonds is 7. The summed E-state index contributed by atoms with van der Waals surface area (Å²) in [6.07, 6.45) is 0. The maximum absolute atomic E-state index is 13.4. The molecule has 5 rings (SSSR count). The molecule has 0 aliphatic heterocycles. The van der Waals surface area contributed by atoms with Gasteiger partial charge in [0.15, 0.2) is 16.7 Å². The van der Waals surface area contributed by atoms with Gasteiger partial charge in [0.05, 0.1) is 24.1 Å². The third-order valence-electron chi connectivity index (χ3n) is 5.93. The molecule has 1 N–H and O–H groups in total. The molecule has 8 heteroatoms. The van der Waals surface area contributed by atoms with Gasteiger partial charge in [-0.15, -0.1) is 11.3 Å². The number of hydrogen-bond donors (Lipinski definition) is 1. The number of imidazole rings is 1. The Labute approximate surface area is 203 Å². The lowest BCUT2D eigenvalue weighted by Gasteiger charge is -2.04. The maximum Gasteiger partial charge on any atom is 0.329 e. The van der Waals surface area contributed by atoms with Gasteiger partial charge >= 0.3 is 5.69 Å². The summed E-state index contributed by atoms with van der Waals surface area (Å²) < 4.78 is 19.8. The average Bonchev–Trinajstić information content (AvgIpc) is 3.38. The summed E-state index contributed by atoms with van der Waals surface area (Å²) in [5.41, 5.74) is 4.25. The predicted molar refractivity (Wildman–Crippen MR) is 140 cm³/mol. The highest BCUT2D eigenvalue weighted by Crippen LogP contribution is 2.29. The zero-order valence-electron chi connectivity index (χ0n) is 18.6. The number of aromatic nitrogens is 2. The number of benzene rings is 3. The van der Waals surface area contributed by atoms with Crippen molar-refractivity contribution in [1.82, 2.24) is 13.9 Å². The summed E-state index contributed by atoms with van der Waals surface area (Å²) in [7, 11) is -2.01. The number of nitrogens with one attached hydrogen (secondary N) is 1. The van der Waals surface area contributed by atoms with Gasteiger partial charge < -0.3 is 0 Å². The van der Waals surface area contributed by atoms with Crippen LogP contribution in [-0.2, 0) is 28.3 Å². The highest BCUT2D eigenvalue weighted by Gasteiger charge is 2.18. The number of carbonyl (C=O) groups excluding carboxylic acids is 1. The minimum atomic E-state index is -2.01. The summed E-state index contributed by atoms with van der Waals surface area (Å²) in [5, 5.41) is 3.31. The van der Waals surface area contributed by atoms with Crippen LogP contribution in [0.1, 0.15) is 21.5 Å². The Bertz CT molecular complexity index is 1580. The first-order valence-electron chi connectivity index (χ1n) is 11.0. The molecule has 6 nitrogen and oxygen atoms in total. The first-order chi connectivity index (χ1) is 16.5. The number of thiol groups is 1. The van der Waals surface area contributed by atoms with Crippen molar-refractivity contribution in [3.63, 3.8) is 0 Å². The normalized spacial score (nSPS) is 12.3. The average molecular weight is 491 g/mol. The van der Waals surface area contributed by atoms with Crippen molar-refractivity contribution in [2.24, 2.45) is 0 Å². The van der Waals surface area contributed by atoms with E-state index in [9.17, 15) is 13.8 Å². The van der Waals surface area contributed by atoms with Crippen LogP contribution in [0.2, 0.25) is 0 Å². The highest BCUT2D eigenvalue weighted by atomic mass is 32.2. The number of fused-ring (bicyclic) bond motifs is 2. The number of thiophene rings is 1. The van der Waals surface area contributed by atoms with Gasteiger partial charge in [-0.1, -0.05) is 46.7 Å². The zero-order valence-corrected chi connectivity index (χ0v) is 20.3. The zero-order chi connectivity index (χ0) is 23.7. The summed E-state index contributed by atoms with van der Waals surface area (Å²) in [4.78, 5) is 25.7. The van der Waals surface area contributed by atoms with E-state index in [0.717, 1.165) is 16.6 Å². The van der Waals surface area contributed by atoms with Gasteiger partial charge in [0.25, 0.3) is 5.91 Å². The van der Waals surface area contributed by atoms with E-state index in [1.807, 2.05) is 36.4 Å². The van der Waals surface area contributed by atoms with E-state index in [1.165, 1.54) is 15.6 Å². The quantitative estimate of drug-likeness (QED) is 0.271. The number of amides is 1. The number of para-hydroxylation sites is 2. The monoisotopic (exact) mass is 490 g/mol. The van der Waals surface area contributed by atoms with E-state index in [-0.39, 0.29) is 23.9 Å². The molecule has 0 bridgehead atoms. The fourth-order valence-corrected chi connectivity index (χ4v) is 6.16. The van der Waals surface area contributed by atoms with Gasteiger partial charge in [-0.25, -0.2) is 4.79 Å². The van der Waals surface area contributed by atoms with Crippen molar-refractivity contribution in [2.45, 2.75) is 20.0 Å². The molecule has 0 aliphatic carbocycles. The topological polar surface area (TPSA) is 73.1 Å². The van der Waals surface area contributed by atoms with Crippen LogP contribution in [0.25, 0.3) is 21.1 Å². The van der Waals surface area contributed by atoms with E-state index in [0.29, 0.717) is 12.1 Å². The number of nitrogens with zero attached hydrogens (tertiary/aromatic N) is 2. The molecule has 0 radical (unpaired) electrons. The van der Waals surface area contributed by atoms with Crippen molar-refractivity contribution in [1.29, 1.82) is 0 Å². The van der Waals surface area contributed by atoms with Crippen LogP contribution in [0.4, 0.5) is 0 Å². The van der Waals surface area contributed by atoms with Crippen LogP contribution in [0.5, 0.6) is 0 Å². The summed E-state index contributed by atoms with van der Waals surface area (Å²) in [6, 6.07) is 22.6. The second kappa shape index (κ2) is 9.40. The van der Waals surface area contributed by atoms with Crippen LogP contribution < -0.4 is 10.4 Å². The van der Waals surface area contributed by atoms with Gasteiger partial charge in [-0.2, -0.15) is 4.72 Å². The predicted octanol–water partition coefficient (Wildman–Crippen LogP) is 4.42. The lowest BCUT2D eigenvalue weighted by atomic mass is 10.1. The SMILES string of the molecule is Cc1cccc2scc(Cn3c(=O)n(CC[SH+](=O)NC(=O)c4ccccc4)c4ccccc43)c12. The molecule has 1 atom stereocenters. The molecule has 0 aliphatic rings. The van der Waals surface area contributed by atoms with Crippen LogP contribution in [0.15, 0.2) is 83.0 Å². The summed E-state index contributed by atoms with van der Waals surface area (Å²) in [6.45, 7) is 2.80. The standard InChI is InChI=1S/C26H23N3O3S2/c1-18-8-7-13-23-24(18)20(17-33-23)16-29-22-12-6-5-11-21(22)28(26(29)31)14-15-34(32)27-25(30)19-9-3-2-4-10-19/h2-13,17H,14-16H2,1H3,(H,27,30,32)/p+1. The molecule has 1 amide bonds. The molecule has 2 aromatic heterocycles. The van der Waals surface area contributed by atoms with E-state index >= 15 is 0 Å². The third kappa shape index (κ3) is 4.22. The first-order valence-corrected chi connectivity index (χ1v) is 13.3. The van der Waals surface area contributed by atoms with Crippen molar-refractivity contribution < 1.29 is 9.00 Å². The van der Waals surface area contributed by atoms with E-state index in [4.69, 9.17) is 0 Å². The Hall–Kier alpha value is -3.49. The Balaban J connectivity index is 1.41. The van der Waals surface area contributed by atoms with Crippen molar-refractivity contribution >= 4 is 49.3 Å². The fourth-order valence-electron chi connectivity index (χ4n) is 4.29. The van der Waals surface area contributed by atoms with E-state index < -0.39 is 11.0 Å². The van der Waals surface area contributed by atoms with Crippen LogP contribution in [0.3, 0.4) is 0 Å². The molecule has 3 aromatic carbocycles. The second-order valence-corrected chi connectivity index (χ2v) is 10.5. The Morgan fingerprint density at radius 1 is 0.941 bits per heavy atom. The Morgan fingerprint density at radius 2 is 1.65 bits per heavy atom. The lowest BCUT2D eigenvalue weighted by Crippen LogP contribution is -2.31. The third-order valence-corrected chi connectivity index (χ3v) is 7.98. The molecule has 1 unspecified atom stereocenters. The van der Waals surface area contributed by atoms with Gasteiger partial charge in [-0.3, -0.25) is 13.9 Å².